The Morgan fingerprint density at radius 3 is 2.60 bits per heavy atom. The van der Waals surface area contributed by atoms with E-state index in [9.17, 15) is 4.39 Å². The first-order valence-electron chi connectivity index (χ1n) is 6.66. The first kappa shape index (κ1) is 13.3. The molecule has 1 aromatic carbocycles. The molecule has 2 heterocycles. The van der Waals surface area contributed by atoms with Crippen LogP contribution in [-0.2, 0) is 6.54 Å². The second kappa shape index (κ2) is 5.76. The maximum atomic E-state index is 13.8. The van der Waals surface area contributed by atoms with E-state index in [1.54, 1.807) is 17.4 Å². The first-order valence-corrected chi connectivity index (χ1v) is 7.54. The van der Waals surface area contributed by atoms with Gasteiger partial charge in [0, 0.05) is 55.6 Å². The summed E-state index contributed by atoms with van der Waals surface area (Å²) in [6, 6.07) is 5.17. The van der Waals surface area contributed by atoms with Crippen LogP contribution >= 0.6 is 11.3 Å². The number of halogens is 1. The Morgan fingerprint density at radius 1 is 1.20 bits per heavy atom. The molecule has 1 fully saturated rings. The Bertz CT molecular complexity index is 565. The molecule has 3 rings (SSSR count). The molecule has 0 unspecified atom stereocenters. The number of rotatable bonds is 3. The van der Waals surface area contributed by atoms with Gasteiger partial charge in [-0.1, -0.05) is 6.07 Å². The standard InChI is InChI=1S/C14H17FN4S/c15-12-2-1-3-13(11(12)10-16)18-5-7-19(8-6-18)14-17-4-9-20-14/h1-4,9H,5-8,10,16H2. The summed E-state index contributed by atoms with van der Waals surface area (Å²) in [5.41, 5.74) is 7.21. The van der Waals surface area contributed by atoms with Crippen molar-refractivity contribution in [2.45, 2.75) is 6.54 Å². The number of hydrogen-bond donors (Lipinski definition) is 1. The van der Waals surface area contributed by atoms with Gasteiger partial charge in [-0.25, -0.2) is 9.37 Å². The summed E-state index contributed by atoms with van der Waals surface area (Å²) in [4.78, 5) is 8.80. The predicted molar refractivity (Wildman–Crippen MR) is 80.8 cm³/mol. The highest BCUT2D eigenvalue weighted by Gasteiger charge is 2.21. The SMILES string of the molecule is NCc1c(F)cccc1N1CCN(c2nccs2)CC1. The van der Waals surface area contributed by atoms with Crippen LogP contribution in [0.1, 0.15) is 5.56 Å². The van der Waals surface area contributed by atoms with Crippen LogP contribution in [0.3, 0.4) is 0 Å². The molecular formula is C14H17FN4S. The summed E-state index contributed by atoms with van der Waals surface area (Å²) < 4.78 is 13.8. The number of benzene rings is 1. The van der Waals surface area contributed by atoms with Crippen LogP contribution in [0.4, 0.5) is 15.2 Å². The number of nitrogens with zero attached hydrogens (tertiary/aromatic N) is 3. The van der Waals surface area contributed by atoms with Crippen molar-refractivity contribution >= 4 is 22.2 Å². The largest absolute Gasteiger partial charge is 0.368 e. The maximum absolute atomic E-state index is 13.8. The van der Waals surface area contributed by atoms with Gasteiger partial charge >= 0.3 is 0 Å². The molecule has 2 N–H and O–H groups in total. The summed E-state index contributed by atoms with van der Waals surface area (Å²) in [6.07, 6.45) is 1.82. The van der Waals surface area contributed by atoms with Gasteiger partial charge in [0.2, 0.25) is 0 Å². The van der Waals surface area contributed by atoms with Crippen molar-refractivity contribution in [1.29, 1.82) is 0 Å². The molecule has 106 valence electrons. The van der Waals surface area contributed by atoms with E-state index in [1.165, 1.54) is 6.07 Å². The minimum atomic E-state index is -0.215. The molecule has 0 spiro atoms. The fourth-order valence-corrected chi connectivity index (χ4v) is 3.25. The highest BCUT2D eigenvalue weighted by Crippen LogP contribution is 2.26. The van der Waals surface area contributed by atoms with Gasteiger partial charge in [0.15, 0.2) is 5.13 Å². The third-order valence-corrected chi connectivity index (χ3v) is 4.44. The van der Waals surface area contributed by atoms with E-state index in [1.807, 2.05) is 17.6 Å². The lowest BCUT2D eigenvalue weighted by Crippen LogP contribution is -2.47. The monoisotopic (exact) mass is 292 g/mol. The van der Waals surface area contributed by atoms with Gasteiger partial charge in [0.1, 0.15) is 5.82 Å². The fourth-order valence-electron chi connectivity index (χ4n) is 2.56. The zero-order chi connectivity index (χ0) is 13.9. The molecule has 1 saturated heterocycles. The fraction of sp³-hybridized carbons (Fsp3) is 0.357. The van der Waals surface area contributed by atoms with Crippen LogP contribution in [0.5, 0.6) is 0 Å². The van der Waals surface area contributed by atoms with Crippen molar-refractivity contribution in [1.82, 2.24) is 4.98 Å². The van der Waals surface area contributed by atoms with Gasteiger partial charge < -0.3 is 15.5 Å². The van der Waals surface area contributed by atoms with Crippen LogP contribution in [0, 0.1) is 5.82 Å². The van der Waals surface area contributed by atoms with Crippen molar-refractivity contribution in [3.63, 3.8) is 0 Å². The Labute approximate surface area is 121 Å². The quantitative estimate of drug-likeness (QED) is 0.940. The molecular weight excluding hydrogens is 275 g/mol. The molecule has 0 radical (unpaired) electrons. The molecule has 0 saturated carbocycles. The second-order valence-electron chi connectivity index (χ2n) is 4.73. The molecule has 1 aliphatic heterocycles. The Balaban J connectivity index is 1.74. The average Bonchev–Trinajstić information content (AvgIpc) is 3.01. The number of hydrogen-bond acceptors (Lipinski definition) is 5. The number of piperazine rings is 1. The van der Waals surface area contributed by atoms with E-state index in [2.05, 4.69) is 14.8 Å². The molecule has 4 nitrogen and oxygen atoms in total. The van der Waals surface area contributed by atoms with Gasteiger partial charge in [0.05, 0.1) is 0 Å². The maximum Gasteiger partial charge on any atom is 0.185 e. The summed E-state index contributed by atoms with van der Waals surface area (Å²) in [5.74, 6) is -0.215. The van der Waals surface area contributed by atoms with Gasteiger partial charge in [-0.05, 0) is 12.1 Å². The van der Waals surface area contributed by atoms with E-state index in [0.29, 0.717) is 5.56 Å². The molecule has 0 aliphatic carbocycles. The normalized spacial score (nSPS) is 15.7. The van der Waals surface area contributed by atoms with Crippen LogP contribution < -0.4 is 15.5 Å². The van der Waals surface area contributed by atoms with Crippen LogP contribution in [0.2, 0.25) is 0 Å². The number of thiazole rings is 1. The van der Waals surface area contributed by atoms with Gasteiger partial charge in [0.25, 0.3) is 0 Å². The smallest absolute Gasteiger partial charge is 0.185 e. The Morgan fingerprint density at radius 2 is 1.95 bits per heavy atom. The summed E-state index contributed by atoms with van der Waals surface area (Å²) in [5, 5.41) is 3.05. The molecule has 0 bridgehead atoms. The molecule has 0 atom stereocenters. The minimum Gasteiger partial charge on any atom is -0.368 e. The van der Waals surface area contributed by atoms with E-state index in [4.69, 9.17) is 5.73 Å². The summed E-state index contributed by atoms with van der Waals surface area (Å²) in [7, 11) is 0. The first-order chi connectivity index (χ1) is 9.79. The van der Waals surface area contributed by atoms with Gasteiger partial charge in [-0.15, -0.1) is 11.3 Å². The lowest BCUT2D eigenvalue weighted by Gasteiger charge is -2.36. The lowest BCUT2D eigenvalue weighted by molar-refractivity contribution is 0.602. The third kappa shape index (κ3) is 2.48. The van der Waals surface area contributed by atoms with E-state index in [-0.39, 0.29) is 12.4 Å². The average molecular weight is 292 g/mol. The summed E-state index contributed by atoms with van der Waals surface area (Å²) in [6.45, 7) is 3.74. The summed E-state index contributed by atoms with van der Waals surface area (Å²) >= 11 is 1.65. The number of nitrogens with two attached hydrogens (primary N) is 1. The van der Waals surface area contributed by atoms with Crippen LogP contribution in [0.15, 0.2) is 29.8 Å². The topological polar surface area (TPSA) is 45.4 Å². The van der Waals surface area contributed by atoms with E-state index >= 15 is 0 Å². The zero-order valence-electron chi connectivity index (χ0n) is 11.1. The van der Waals surface area contributed by atoms with Crippen LogP contribution in [-0.4, -0.2) is 31.2 Å². The number of anilines is 2. The van der Waals surface area contributed by atoms with E-state index < -0.39 is 0 Å². The van der Waals surface area contributed by atoms with Crippen molar-refractivity contribution in [2.75, 3.05) is 36.0 Å². The predicted octanol–water partition coefficient (Wildman–Crippen LogP) is 2.07. The van der Waals surface area contributed by atoms with Crippen LogP contribution in [0.25, 0.3) is 0 Å². The van der Waals surface area contributed by atoms with Crippen molar-refractivity contribution in [2.24, 2.45) is 5.73 Å². The molecule has 2 aromatic rings. The zero-order valence-corrected chi connectivity index (χ0v) is 11.9. The van der Waals surface area contributed by atoms with E-state index in [0.717, 1.165) is 37.0 Å². The van der Waals surface area contributed by atoms with Gasteiger partial charge in [-0.3, -0.25) is 0 Å². The third-order valence-electron chi connectivity index (χ3n) is 3.61. The Kier molecular flexibility index (Phi) is 3.84. The molecule has 1 aromatic heterocycles. The molecule has 0 amide bonds. The van der Waals surface area contributed by atoms with Crippen molar-refractivity contribution in [3.8, 4) is 0 Å². The highest BCUT2D eigenvalue weighted by atomic mass is 32.1. The van der Waals surface area contributed by atoms with Crippen molar-refractivity contribution < 1.29 is 4.39 Å². The lowest BCUT2D eigenvalue weighted by atomic mass is 10.1. The van der Waals surface area contributed by atoms with Crippen molar-refractivity contribution in [3.05, 3.63) is 41.2 Å². The molecule has 6 heteroatoms. The minimum absolute atomic E-state index is 0.215. The Hall–Kier alpha value is -1.66. The highest BCUT2D eigenvalue weighted by molar-refractivity contribution is 7.13. The number of aromatic nitrogens is 1. The molecule has 20 heavy (non-hydrogen) atoms. The van der Waals surface area contributed by atoms with Gasteiger partial charge in [-0.2, -0.15) is 0 Å². The molecule has 1 aliphatic rings. The second-order valence-corrected chi connectivity index (χ2v) is 5.60.